The number of hydrogen-bond acceptors (Lipinski definition) is 5. The van der Waals surface area contributed by atoms with Crippen LogP contribution in [0.15, 0.2) is 40.9 Å². The van der Waals surface area contributed by atoms with Crippen LogP contribution in [-0.2, 0) is 20.7 Å². The van der Waals surface area contributed by atoms with Gasteiger partial charge in [0.25, 0.3) is 5.91 Å². The van der Waals surface area contributed by atoms with Crippen molar-refractivity contribution in [3.05, 3.63) is 51.5 Å². The van der Waals surface area contributed by atoms with Crippen LogP contribution in [-0.4, -0.2) is 31.7 Å². The molecule has 8 heteroatoms. The Balaban J connectivity index is 1.54. The van der Waals surface area contributed by atoms with Crippen LogP contribution in [0.5, 0.6) is 11.5 Å². The lowest BCUT2D eigenvalue weighted by molar-refractivity contribution is -0.146. The van der Waals surface area contributed by atoms with Crippen molar-refractivity contribution in [2.75, 3.05) is 25.1 Å². The molecule has 0 aliphatic carbocycles. The van der Waals surface area contributed by atoms with Crippen LogP contribution < -0.4 is 14.8 Å². The third-order valence-electron chi connectivity index (χ3n) is 3.56. The number of anilines is 1. The Morgan fingerprint density at radius 2 is 1.85 bits per heavy atom. The van der Waals surface area contributed by atoms with Gasteiger partial charge in [0.05, 0.1) is 12.1 Å². The van der Waals surface area contributed by atoms with Gasteiger partial charge in [-0.1, -0.05) is 29.8 Å². The van der Waals surface area contributed by atoms with Crippen LogP contribution in [0.3, 0.4) is 0 Å². The highest BCUT2D eigenvalue weighted by atomic mass is 79.9. The molecule has 0 saturated heterocycles. The summed E-state index contributed by atoms with van der Waals surface area (Å²) >= 11 is 9.36. The highest BCUT2D eigenvalue weighted by Gasteiger charge is 2.17. The topological polar surface area (TPSA) is 73.9 Å². The number of rotatable bonds is 5. The third kappa shape index (κ3) is 4.68. The van der Waals surface area contributed by atoms with E-state index in [0.717, 1.165) is 0 Å². The van der Waals surface area contributed by atoms with Gasteiger partial charge in [0, 0.05) is 21.6 Å². The second-order valence-corrected chi connectivity index (χ2v) is 6.71. The first kappa shape index (κ1) is 18.5. The fraction of sp³-hybridized carbons (Fsp3) is 0.222. The first-order valence-electron chi connectivity index (χ1n) is 7.81. The van der Waals surface area contributed by atoms with Crippen molar-refractivity contribution < 1.29 is 23.8 Å². The molecular formula is C18H15BrClNO5. The van der Waals surface area contributed by atoms with Crippen molar-refractivity contribution in [1.82, 2.24) is 0 Å². The summed E-state index contributed by atoms with van der Waals surface area (Å²) in [6.07, 6.45) is 0.000666. The first-order chi connectivity index (χ1) is 12.5. The van der Waals surface area contributed by atoms with E-state index in [0.29, 0.717) is 45.5 Å². The molecule has 6 nitrogen and oxygen atoms in total. The molecule has 0 spiro atoms. The zero-order valence-electron chi connectivity index (χ0n) is 13.6. The van der Waals surface area contributed by atoms with Crippen LogP contribution >= 0.6 is 27.5 Å². The average molecular weight is 441 g/mol. The molecule has 0 saturated carbocycles. The summed E-state index contributed by atoms with van der Waals surface area (Å²) in [5.41, 5.74) is 1.15. The Hall–Kier alpha value is -2.25. The van der Waals surface area contributed by atoms with E-state index >= 15 is 0 Å². The fourth-order valence-corrected chi connectivity index (χ4v) is 2.96. The second-order valence-electron chi connectivity index (χ2n) is 5.45. The number of ether oxygens (including phenoxy) is 3. The summed E-state index contributed by atoms with van der Waals surface area (Å²) in [4.78, 5) is 23.9. The monoisotopic (exact) mass is 439 g/mol. The molecule has 1 aliphatic heterocycles. The van der Waals surface area contributed by atoms with Crippen LogP contribution in [0.2, 0.25) is 5.02 Å². The zero-order valence-corrected chi connectivity index (χ0v) is 15.9. The third-order valence-corrected chi connectivity index (χ3v) is 4.59. The zero-order chi connectivity index (χ0) is 18.5. The van der Waals surface area contributed by atoms with Crippen LogP contribution in [0.25, 0.3) is 0 Å². The van der Waals surface area contributed by atoms with E-state index in [2.05, 4.69) is 21.2 Å². The number of fused-ring (bicyclic) bond motifs is 1. The van der Waals surface area contributed by atoms with Gasteiger partial charge in [-0.3, -0.25) is 9.59 Å². The number of hydrogen-bond donors (Lipinski definition) is 1. The molecule has 1 amide bonds. The van der Waals surface area contributed by atoms with E-state index in [-0.39, 0.29) is 6.42 Å². The van der Waals surface area contributed by atoms with Crippen molar-refractivity contribution >= 4 is 45.1 Å². The summed E-state index contributed by atoms with van der Waals surface area (Å²) in [7, 11) is 0. The molecule has 3 rings (SSSR count). The van der Waals surface area contributed by atoms with Crippen LogP contribution in [0.1, 0.15) is 5.56 Å². The van der Waals surface area contributed by atoms with Gasteiger partial charge >= 0.3 is 5.97 Å². The molecule has 2 aromatic rings. The highest BCUT2D eigenvalue weighted by molar-refractivity contribution is 9.10. The number of carbonyl (C=O) groups is 2. The standard InChI is InChI=1S/C18H15BrClNO5/c19-12-8-15-16(25-6-5-24-15)9-14(12)21-17(22)10-26-18(23)7-11-3-1-2-4-13(11)20/h1-4,8-9H,5-7,10H2,(H,21,22). The van der Waals surface area contributed by atoms with E-state index in [1.54, 1.807) is 36.4 Å². The maximum atomic E-state index is 12.0. The van der Waals surface area contributed by atoms with E-state index in [1.165, 1.54) is 0 Å². The molecule has 0 radical (unpaired) electrons. The Morgan fingerprint density at radius 1 is 1.15 bits per heavy atom. The minimum absolute atomic E-state index is 0.000666. The molecule has 0 bridgehead atoms. The van der Waals surface area contributed by atoms with Crippen molar-refractivity contribution in [3.8, 4) is 11.5 Å². The number of esters is 1. The SMILES string of the molecule is O=C(COC(=O)Cc1ccccc1Cl)Nc1cc2c(cc1Br)OCCO2. The Bertz CT molecular complexity index is 842. The number of nitrogens with one attached hydrogen (secondary N) is 1. The van der Waals surface area contributed by atoms with Crippen molar-refractivity contribution in [2.45, 2.75) is 6.42 Å². The molecule has 26 heavy (non-hydrogen) atoms. The molecule has 0 atom stereocenters. The second kappa shape index (κ2) is 8.42. The van der Waals surface area contributed by atoms with E-state index in [1.807, 2.05) is 0 Å². The van der Waals surface area contributed by atoms with Gasteiger partial charge in [-0.2, -0.15) is 0 Å². The van der Waals surface area contributed by atoms with Gasteiger partial charge in [0.1, 0.15) is 13.2 Å². The quantitative estimate of drug-likeness (QED) is 0.719. The number of halogens is 2. The predicted molar refractivity (Wildman–Crippen MR) is 99.9 cm³/mol. The Labute approximate surface area is 163 Å². The van der Waals surface area contributed by atoms with E-state index in [4.69, 9.17) is 25.8 Å². The molecule has 0 aromatic heterocycles. The predicted octanol–water partition coefficient (Wildman–Crippen LogP) is 3.60. The summed E-state index contributed by atoms with van der Waals surface area (Å²) < 4.78 is 16.6. The molecule has 1 heterocycles. The van der Waals surface area contributed by atoms with Crippen molar-refractivity contribution in [2.24, 2.45) is 0 Å². The first-order valence-corrected chi connectivity index (χ1v) is 8.98. The fourth-order valence-electron chi connectivity index (χ4n) is 2.34. The molecule has 1 aliphatic rings. The number of benzene rings is 2. The van der Waals surface area contributed by atoms with Crippen LogP contribution in [0.4, 0.5) is 5.69 Å². The van der Waals surface area contributed by atoms with Crippen molar-refractivity contribution in [3.63, 3.8) is 0 Å². The van der Waals surface area contributed by atoms with E-state index in [9.17, 15) is 9.59 Å². The molecule has 0 unspecified atom stereocenters. The largest absolute Gasteiger partial charge is 0.486 e. The molecule has 0 fully saturated rings. The summed E-state index contributed by atoms with van der Waals surface area (Å²) in [5.74, 6) is 0.155. The lowest BCUT2D eigenvalue weighted by atomic mass is 10.1. The summed E-state index contributed by atoms with van der Waals surface area (Å²) in [5, 5.41) is 3.15. The minimum Gasteiger partial charge on any atom is -0.486 e. The maximum absolute atomic E-state index is 12.0. The Kier molecular flexibility index (Phi) is 6.00. The van der Waals surface area contributed by atoms with Gasteiger partial charge in [-0.25, -0.2) is 0 Å². The number of carbonyl (C=O) groups excluding carboxylic acids is 2. The summed E-state index contributed by atoms with van der Waals surface area (Å²) in [6, 6.07) is 10.3. The van der Waals surface area contributed by atoms with Gasteiger partial charge < -0.3 is 19.5 Å². The van der Waals surface area contributed by atoms with Gasteiger partial charge in [-0.15, -0.1) is 0 Å². The smallest absolute Gasteiger partial charge is 0.310 e. The summed E-state index contributed by atoms with van der Waals surface area (Å²) in [6.45, 7) is 0.526. The minimum atomic E-state index is -0.533. The highest BCUT2D eigenvalue weighted by Crippen LogP contribution is 2.38. The van der Waals surface area contributed by atoms with E-state index < -0.39 is 18.5 Å². The molecule has 1 N–H and O–H groups in total. The van der Waals surface area contributed by atoms with Crippen molar-refractivity contribution in [1.29, 1.82) is 0 Å². The van der Waals surface area contributed by atoms with Gasteiger partial charge in [-0.05, 0) is 27.6 Å². The van der Waals surface area contributed by atoms with Crippen LogP contribution in [0, 0.1) is 0 Å². The van der Waals surface area contributed by atoms with Gasteiger partial charge in [0.2, 0.25) is 0 Å². The lowest BCUT2D eigenvalue weighted by Crippen LogP contribution is -2.22. The maximum Gasteiger partial charge on any atom is 0.310 e. The molecule has 2 aromatic carbocycles. The Morgan fingerprint density at radius 3 is 2.58 bits per heavy atom. The normalized spacial score (nSPS) is 12.4. The number of amides is 1. The average Bonchev–Trinajstić information content (AvgIpc) is 2.62. The molecular weight excluding hydrogens is 426 g/mol. The van der Waals surface area contributed by atoms with Gasteiger partial charge in [0.15, 0.2) is 18.1 Å². The lowest BCUT2D eigenvalue weighted by Gasteiger charge is -2.20. The molecule has 136 valence electrons.